The first-order valence-electron chi connectivity index (χ1n) is 8.89. The monoisotopic (exact) mass is 345 g/mol. The number of ether oxygens (including phenoxy) is 1. The molecule has 0 aliphatic rings. The van der Waals surface area contributed by atoms with Crippen molar-refractivity contribution in [2.45, 2.75) is 51.5 Å². The van der Waals surface area contributed by atoms with Gasteiger partial charge in [0, 0.05) is 10.7 Å². The standard InChI is InChI=1S/C21H28ClNO/c1-3-4-5-6-7-8-21(17-9-11-18(22)12-10-17)23-19-13-15-20(24-2)16-14-19/h9-16,21,23H,3-8H2,1-2H3. The number of methoxy groups -OCH3 is 1. The fourth-order valence-corrected chi connectivity index (χ4v) is 2.98. The zero-order valence-electron chi connectivity index (χ0n) is 14.7. The average Bonchev–Trinajstić information content (AvgIpc) is 2.62. The van der Waals surface area contributed by atoms with Crippen molar-refractivity contribution in [3.05, 3.63) is 59.1 Å². The van der Waals surface area contributed by atoms with Gasteiger partial charge in [-0.2, -0.15) is 0 Å². The highest BCUT2D eigenvalue weighted by Gasteiger charge is 2.11. The number of benzene rings is 2. The fourth-order valence-electron chi connectivity index (χ4n) is 2.86. The lowest BCUT2D eigenvalue weighted by atomic mass is 9.99. The molecule has 0 spiro atoms. The predicted molar refractivity (Wildman–Crippen MR) is 104 cm³/mol. The summed E-state index contributed by atoms with van der Waals surface area (Å²) < 4.78 is 5.23. The zero-order valence-corrected chi connectivity index (χ0v) is 15.5. The summed E-state index contributed by atoms with van der Waals surface area (Å²) in [7, 11) is 1.69. The van der Waals surface area contributed by atoms with E-state index in [2.05, 4.69) is 36.5 Å². The van der Waals surface area contributed by atoms with Crippen molar-refractivity contribution in [3.63, 3.8) is 0 Å². The Hall–Kier alpha value is -1.67. The summed E-state index contributed by atoms with van der Waals surface area (Å²) in [6.45, 7) is 2.25. The van der Waals surface area contributed by atoms with Gasteiger partial charge >= 0.3 is 0 Å². The Labute approximate surface area is 151 Å². The van der Waals surface area contributed by atoms with Crippen LogP contribution in [0.3, 0.4) is 0 Å². The van der Waals surface area contributed by atoms with Crippen LogP contribution >= 0.6 is 11.6 Å². The lowest BCUT2D eigenvalue weighted by molar-refractivity contribution is 0.415. The van der Waals surface area contributed by atoms with Crippen molar-refractivity contribution < 1.29 is 4.74 Å². The Morgan fingerprint density at radius 3 is 2.21 bits per heavy atom. The van der Waals surface area contributed by atoms with Gasteiger partial charge in [-0.1, -0.05) is 62.8 Å². The van der Waals surface area contributed by atoms with Crippen molar-refractivity contribution in [3.8, 4) is 5.75 Å². The molecule has 0 saturated carbocycles. The molecule has 0 fully saturated rings. The summed E-state index contributed by atoms with van der Waals surface area (Å²) >= 11 is 6.04. The molecule has 0 radical (unpaired) electrons. The molecule has 0 bridgehead atoms. The molecule has 1 unspecified atom stereocenters. The predicted octanol–water partition coefficient (Wildman–Crippen LogP) is 6.86. The van der Waals surface area contributed by atoms with Crippen LogP contribution in [0, 0.1) is 0 Å². The average molecular weight is 346 g/mol. The van der Waals surface area contributed by atoms with E-state index in [0.717, 1.165) is 22.9 Å². The van der Waals surface area contributed by atoms with Gasteiger partial charge in [-0.05, 0) is 48.4 Å². The van der Waals surface area contributed by atoms with Gasteiger partial charge in [0.15, 0.2) is 0 Å². The second kappa shape index (κ2) is 10.2. The van der Waals surface area contributed by atoms with Crippen LogP contribution in [0.4, 0.5) is 5.69 Å². The molecule has 2 rings (SSSR count). The van der Waals surface area contributed by atoms with Crippen molar-refractivity contribution in [2.75, 3.05) is 12.4 Å². The van der Waals surface area contributed by atoms with Crippen molar-refractivity contribution in [2.24, 2.45) is 0 Å². The van der Waals surface area contributed by atoms with Gasteiger partial charge in [0.2, 0.25) is 0 Å². The summed E-state index contributed by atoms with van der Waals surface area (Å²) in [5.74, 6) is 0.878. The number of rotatable bonds is 10. The third kappa shape index (κ3) is 6.09. The van der Waals surface area contributed by atoms with E-state index in [9.17, 15) is 0 Å². The number of nitrogens with one attached hydrogen (secondary N) is 1. The zero-order chi connectivity index (χ0) is 17.2. The molecule has 0 aliphatic heterocycles. The lowest BCUT2D eigenvalue weighted by Gasteiger charge is -2.21. The molecule has 0 saturated heterocycles. The summed E-state index contributed by atoms with van der Waals surface area (Å²) in [6.07, 6.45) is 7.59. The van der Waals surface area contributed by atoms with Gasteiger partial charge in [-0.25, -0.2) is 0 Å². The minimum atomic E-state index is 0.303. The Morgan fingerprint density at radius 2 is 1.58 bits per heavy atom. The number of hydrogen-bond acceptors (Lipinski definition) is 2. The van der Waals surface area contributed by atoms with E-state index in [1.807, 2.05) is 24.3 Å². The minimum Gasteiger partial charge on any atom is -0.497 e. The summed E-state index contributed by atoms with van der Waals surface area (Å²) in [5, 5.41) is 4.44. The topological polar surface area (TPSA) is 21.3 Å². The molecule has 2 aromatic carbocycles. The first-order valence-corrected chi connectivity index (χ1v) is 9.26. The van der Waals surface area contributed by atoms with Crippen LogP contribution in [-0.4, -0.2) is 7.11 Å². The third-order valence-electron chi connectivity index (χ3n) is 4.30. The molecular weight excluding hydrogens is 318 g/mol. The maximum atomic E-state index is 6.04. The molecule has 0 heterocycles. The largest absolute Gasteiger partial charge is 0.497 e. The van der Waals surface area contributed by atoms with Gasteiger partial charge in [-0.15, -0.1) is 0 Å². The third-order valence-corrected chi connectivity index (χ3v) is 4.55. The molecule has 130 valence electrons. The van der Waals surface area contributed by atoms with E-state index in [4.69, 9.17) is 16.3 Å². The SMILES string of the molecule is CCCCCCCC(Nc1ccc(OC)cc1)c1ccc(Cl)cc1. The van der Waals surface area contributed by atoms with Gasteiger partial charge in [0.1, 0.15) is 5.75 Å². The van der Waals surface area contributed by atoms with E-state index in [1.165, 1.54) is 37.7 Å². The number of unbranched alkanes of at least 4 members (excludes halogenated alkanes) is 4. The molecule has 0 aromatic heterocycles. The number of hydrogen-bond donors (Lipinski definition) is 1. The van der Waals surface area contributed by atoms with E-state index in [0.29, 0.717) is 6.04 Å². The summed E-state index contributed by atoms with van der Waals surface area (Å²) in [4.78, 5) is 0. The molecule has 24 heavy (non-hydrogen) atoms. The number of anilines is 1. The second-order valence-corrected chi connectivity index (χ2v) is 6.62. The Morgan fingerprint density at radius 1 is 0.917 bits per heavy atom. The molecule has 3 heteroatoms. The van der Waals surface area contributed by atoms with Gasteiger partial charge in [-0.3, -0.25) is 0 Å². The molecule has 1 N–H and O–H groups in total. The van der Waals surface area contributed by atoms with Crippen LogP contribution in [0.25, 0.3) is 0 Å². The smallest absolute Gasteiger partial charge is 0.119 e. The van der Waals surface area contributed by atoms with E-state index < -0.39 is 0 Å². The highest BCUT2D eigenvalue weighted by Crippen LogP contribution is 2.27. The van der Waals surface area contributed by atoms with Crippen LogP contribution in [0.1, 0.15) is 57.1 Å². The molecule has 1 atom stereocenters. The first kappa shape index (κ1) is 18.7. The normalized spacial score (nSPS) is 12.0. The molecule has 2 nitrogen and oxygen atoms in total. The van der Waals surface area contributed by atoms with Crippen molar-refractivity contribution >= 4 is 17.3 Å². The van der Waals surface area contributed by atoms with Crippen LogP contribution in [0.15, 0.2) is 48.5 Å². The van der Waals surface area contributed by atoms with E-state index in [-0.39, 0.29) is 0 Å². The minimum absolute atomic E-state index is 0.303. The maximum absolute atomic E-state index is 6.04. The van der Waals surface area contributed by atoms with Crippen molar-refractivity contribution in [1.82, 2.24) is 0 Å². The maximum Gasteiger partial charge on any atom is 0.119 e. The van der Waals surface area contributed by atoms with Crippen LogP contribution in [-0.2, 0) is 0 Å². The van der Waals surface area contributed by atoms with Gasteiger partial charge in [0.25, 0.3) is 0 Å². The molecule has 0 aliphatic carbocycles. The van der Waals surface area contributed by atoms with Crippen LogP contribution in [0.5, 0.6) is 5.75 Å². The van der Waals surface area contributed by atoms with Crippen molar-refractivity contribution in [1.29, 1.82) is 0 Å². The Balaban J connectivity index is 2.01. The van der Waals surface area contributed by atoms with Crippen LogP contribution < -0.4 is 10.1 Å². The molecular formula is C21H28ClNO. The first-order chi connectivity index (χ1) is 11.7. The Bertz CT molecular complexity index is 580. The lowest BCUT2D eigenvalue weighted by Crippen LogP contribution is -2.10. The number of halogens is 1. The van der Waals surface area contributed by atoms with E-state index in [1.54, 1.807) is 7.11 Å². The van der Waals surface area contributed by atoms with Crippen LogP contribution in [0.2, 0.25) is 5.02 Å². The van der Waals surface area contributed by atoms with Gasteiger partial charge < -0.3 is 10.1 Å². The molecule has 2 aromatic rings. The summed E-state index contributed by atoms with van der Waals surface area (Å²) in [6, 6.07) is 16.6. The second-order valence-electron chi connectivity index (χ2n) is 6.18. The summed E-state index contributed by atoms with van der Waals surface area (Å²) in [5.41, 5.74) is 2.40. The Kier molecular flexibility index (Phi) is 7.97. The quantitative estimate of drug-likeness (QED) is 0.475. The fraction of sp³-hybridized carbons (Fsp3) is 0.429. The van der Waals surface area contributed by atoms with Gasteiger partial charge in [0.05, 0.1) is 13.2 Å². The molecule has 0 amide bonds. The highest BCUT2D eigenvalue weighted by molar-refractivity contribution is 6.30. The van der Waals surface area contributed by atoms with E-state index >= 15 is 0 Å². The highest BCUT2D eigenvalue weighted by atomic mass is 35.5.